The summed E-state index contributed by atoms with van der Waals surface area (Å²) in [5.41, 5.74) is 1.36. The summed E-state index contributed by atoms with van der Waals surface area (Å²) in [6.45, 7) is 6.56. The van der Waals surface area contributed by atoms with Crippen LogP contribution >= 0.6 is 11.6 Å². The quantitative estimate of drug-likeness (QED) is 0.664. The van der Waals surface area contributed by atoms with E-state index in [9.17, 15) is 4.79 Å². The van der Waals surface area contributed by atoms with E-state index in [4.69, 9.17) is 20.4 Å². The van der Waals surface area contributed by atoms with Crippen molar-refractivity contribution in [3.05, 3.63) is 58.2 Å². The molecule has 6 heteroatoms. The summed E-state index contributed by atoms with van der Waals surface area (Å²) in [4.78, 5) is 15.2. The zero-order valence-corrected chi connectivity index (χ0v) is 16.3. The topological polar surface area (TPSA) is 58.6 Å². The van der Waals surface area contributed by atoms with Crippen LogP contribution in [0.4, 0.5) is 0 Å². The Balaban J connectivity index is 1.50. The maximum Gasteiger partial charge on any atom is 0.255 e. The third-order valence-corrected chi connectivity index (χ3v) is 5.25. The second-order valence-electron chi connectivity index (χ2n) is 7.20. The lowest BCUT2D eigenvalue weighted by molar-refractivity contribution is 0.0932. The molecular weight excluding hydrogens is 364 g/mol. The number of hydrogen-bond donors (Lipinski definition) is 1. The highest BCUT2D eigenvalue weighted by Crippen LogP contribution is 2.27. The number of halogens is 1. The predicted molar refractivity (Wildman–Crippen MR) is 105 cm³/mol. The van der Waals surface area contributed by atoms with E-state index in [0.717, 1.165) is 35.6 Å². The molecule has 1 aliphatic rings. The molecule has 3 heterocycles. The fourth-order valence-electron chi connectivity index (χ4n) is 3.61. The number of furan rings is 2. The SMILES string of the molecule is Cc1cc(C(=O)NC(C)c2cc3cc(Cl)ccc3o2)c(CN2CCCC2)o1. The van der Waals surface area contributed by atoms with Gasteiger partial charge in [0.25, 0.3) is 5.91 Å². The Labute approximate surface area is 163 Å². The standard InChI is InChI=1S/C21H23ClN2O3/c1-13-9-17(20(26-13)12-24-7-3-4-8-24)21(25)23-14(2)19-11-15-10-16(22)5-6-18(15)27-19/h5-6,9-11,14H,3-4,7-8,12H2,1-2H3,(H,23,25). The van der Waals surface area contributed by atoms with Crippen LogP contribution in [0.3, 0.4) is 0 Å². The highest BCUT2D eigenvalue weighted by molar-refractivity contribution is 6.31. The minimum Gasteiger partial charge on any atom is -0.464 e. The van der Waals surface area contributed by atoms with Crippen molar-refractivity contribution >= 4 is 28.5 Å². The van der Waals surface area contributed by atoms with Gasteiger partial charge in [0.05, 0.1) is 18.2 Å². The highest BCUT2D eigenvalue weighted by Gasteiger charge is 2.23. The van der Waals surface area contributed by atoms with Gasteiger partial charge in [-0.3, -0.25) is 9.69 Å². The van der Waals surface area contributed by atoms with E-state index < -0.39 is 0 Å². The van der Waals surface area contributed by atoms with E-state index in [2.05, 4.69) is 10.2 Å². The number of carbonyl (C=O) groups is 1. The van der Waals surface area contributed by atoms with Crippen molar-refractivity contribution in [2.24, 2.45) is 0 Å². The van der Waals surface area contributed by atoms with E-state index >= 15 is 0 Å². The first-order valence-electron chi connectivity index (χ1n) is 9.31. The molecule has 2 aromatic heterocycles. The fourth-order valence-corrected chi connectivity index (χ4v) is 3.79. The van der Waals surface area contributed by atoms with Crippen LogP contribution in [-0.2, 0) is 6.54 Å². The van der Waals surface area contributed by atoms with Crippen LogP contribution in [0.2, 0.25) is 5.02 Å². The number of hydrogen-bond acceptors (Lipinski definition) is 4. The first kappa shape index (κ1) is 18.1. The number of rotatable bonds is 5. The largest absolute Gasteiger partial charge is 0.464 e. The molecule has 1 fully saturated rings. The maximum atomic E-state index is 12.9. The van der Waals surface area contributed by atoms with Crippen molar-refractivity contribution < 1.29 is 13.6 Å². The van der Waals surface area contributed by atoms with Gasteiger partial charge in [0, 0.05) is 10.4 Å². The number of amides is 1. The summed E-state index contributed by atoms with van der Waals surface area (Å²) in [5, 5.41) is 4.61. The third-order valence-electron chi connectivity index (χ3n) is 5.01. The number of fused-ring (bicyclic) bond motifs is 1. The van der Waals surface area contributed by atoms with Gasteiger partial charge in [0.15, 0.2) is 0 Å². The molecule has 3 aromatic rings. The average Bonchev–Trinajstić information content (AvgIpc) is 3.34. The molecule has 1 saturated heterocycles. The fraction of sp³-hybridized carbons (Fsp3) is 0.381. The van der Waals surface area contributed by atoms with Gasteiger partial charge in [0.2, 0.25) is 0 Å². The minimum absolute atomic E-state index is 0.146. The summed E-state index contributed by atoms with van der Waals surface area (Å²) in [6, 6.07) is 8.94. The predicted octanol–water partition coefficient (Wildman–Crippen LogP) is 5.07. The van der Waals surface area contributed by atoms with Gasteiger partial charge in [-0.1, -0.05) is 11.6 Å². The summed E-state index contributed by atoms with van der Waals surface area (Å²) >= 11 is 6.04. The monoisotopic (exact) mass is 386 g/mol. The lowest BCUT2D eigenvalue weighted by atomic mass is 10.1. The summed E-state index contributed by atoms with van der Waals surface area (Å²) < 4.78 is 11.7. The second kappa shape index (κ2) is 7.41. The van der Waals surface area contributed by atoms with Gasteiger partial charge in [-0.15, -0.1) is 0 Å². The Hall–Kier alpha value is -2.24. The van der Waals surface area contributed by atoms with Crippen LogP contribution in [0.25, 0.3) is 11.0 Å². The van der Waals surface area contributed by atoms with Crippen molar-refractivity contribution in [3.8, 4) is 0 Å². The van der Waals surface area contributed by atoms with Crippen LogP contribution in [0.5, 0.6) is 0 Å². The van der Waals surface area contributed by atoms with Crippen molar-refractivity contribution in [2.45, 2.75) is 39.3 Å². The molecular formula is C21H23ClN2O3. The molecule has 27 heavy (non-hydrogen) atoms. The number of aryl methyl sites for hydroxylation is 1. The number of nitrogens with zero attached hydrogens (tertiary/aromatic N) is 1. The molecule has 142 valence electrons. The lowest BCUT2D eigenvalue weighted by Crippen LogP contribution is -2.28. The maximum absolute atomic E-state index is 12.9. The average molecular weight is 387 g/mol. The van der Waals surface area contributed by atoms with Gasteiger partial charge in [-0.05, 0) is 70.1 Å². The van der Waals surface area contributed by atoms with Gasteiger partial charge >= 0.3 is 0 Å². The molecule has 1 atom stereocenters. The van der Waals surface area contributed by atoms with E-state index in [1.165, 1.54) is 12.8 Å². The van der Waals surface area contributed by atoms with Gasteiger partial charge < -0.3 is 14.2 Å². The first-order valence-corrected chi connectivity index (χ1v) is 9.69. The summed E-state index contributed by atoms with van der Waals surface area (Å²) in [5.74, 6) is 2.03. The Bertz CT molecular complexity index is 969. The molecule has 5 nitrogen and oxygen atoms in total. The van der Waals surface area contributed by atoms with E-state index in [-0.39, 0.29) is 11.9 Å². The molecule has 0 bridgehead atoms. The summed E-state index contributed by atoms with van der Waals surface area (Å²) in [7, 11) is 0. The molecule has 0 radical (unpaired) electrons. The van der Waals surface area contributed by atoms with Crippen LogP contribution in [0.15, 0.2) is 39.2 Å². The second-order valence-corrected chi connectivity index (χ2v) is 7.64. The number of carbonyl (C=O) groups excluding carboxylic acids is 1. The van der Waals surface area contributed by atoms with Crippen molar-refractivity contribution in [2.75, 3.05) is 13.1 Å². The Morgan fingerprint density at radius 3 is 2.78 bits per heavy atom. The Morgan fingerprint density at radius 2 is 2.00 bits per heavy atom. The summed E-state index contributed by atoms with van der Waals surface area (Å²) in [6.07, 6.45) is 2.41. The molecule has 1 aliphatic heterocycles. The molecule has 0 spiro atoms. The van der Waals surface area contributed by atoms with Gasteiger partial charge in [0.1, 0.15) is 22.9 Å². The number of benzene rings is 1. The third kappa shape index (κ3) is 3.89. The molecule has 1 amide bonds. The molecule has 1 aromatic carbocycles. The minimum atomic E-state index is -0.265. The normalized spacial score (nSPS) is 16.1. The van der Waals surface area contributed by atoms with Crippen molar-refractivity contribution in [1.29, 1.82) is 0 Å². The van der Waals surface area contributed by atoms with E-state index in [1.807, 2.05) is 38.1 Å². The van der Waals surface area contributed by atoms with Crippen molar-refractivity contribution in [1.82, 2.24) is 10.2 Å². The van der Waals surface area contributed by atoms with Gasteiger partial charge in [-0.25, -0.2) is 0 Å². The Morgan fingerprint density at radius 1 is 1.22 bits per heavy atom. The molecule has 0 aliphatic carbocycles. The lowest BCUT2D eigenvalue weighted by Gasteiger charge is -2.15. The molecule has 1 N–H and O–H groups in total. The van der Waals surface area contributed by atoms with Gasteiger partial charge in [-0.2, -0.15) is 0 Å². The molecule has 0 saturated carbocycles. The van der Waals surface area contributed by atoms with Crippen LogP contribution in [0, 0.1) is 6.92 Å². The number of likely N-dealkylation sites (tertiary alicyclic amines) is 1. The smallest absolute Gasteiger partial charge is 0.255 e. The van der Waals surface area contributed by atoms with E-state index in [1.54, 1.807) is 6.07 Å². The zero-order valence-electron chi connectivity index (χ0n) is 15.5. The first-order chi connectivity index (χ1) is 13.0. The Kier molecular flexibility index (Phi) is 4.98. The van der Waals surface area contributed by atoms with Crippen LogP contribution in [0.1, 0.15) is 53.4 Å². The van der Waals surface area contributed by atoms with Crippen molar-refractivity contribution in [3.63, 3.8) is 0 Å². The molecule has 4 rings (SSSR count). The zero-order chi connectivity index (χ0) is 19.0. The molecule has 1 unspecified atom stereocenters. The highest BCUT2D eigenvalue weighted by atomic mass is 35.5. The van der Waals surface area contributed by atoms with E-state index in [0.29, 0.717) is 22.9 Å². The number of nitrogens with one attached hydrogen (secondary N) is 1. The van der Waals surface area contributed by atoms with Crippen LogP contribution < -0.4 is 5.32 Å². The van der Waals surface area contributed by atoms with Crippen LogP contribution in [-0.4, -0.2) is 23.9 Å².